The summed E-state index contributed by atoms with van der Waals surface area (Å²) in [6.45, 7) is 21.5. The largest absolute Gasteiger partial charge is 0.415 e. The van der Waals surface area contributed by atoms with Gasteiger partial charge in [0.05, 0.1) is 30.3 Å². The van der Waals surface area contributed by atoms with Crippen molar-refractivity contribution in [3.05, 3.63) is 29.8 Å². The normalized spacial score (nSPS) is 17.5. The van der Waals surface area contributed by atoms with Crippen LogP contribution < -0.4 is 4.72 Å². The van der Waals surface area contributed by atoms with Gasteiger partial charge in [-0.1, -0.05) is 59.2 Å². The smallest absolute Gasteiger partial charge is 0.240 e. The van der Waals surface area contributed by atoms with Crippen LogP contribution in [0.15, 0.2) is 29.2 Å². The van der Waals surface area contributed by atoms with Crippen LogP contribution in [0.1, 0.15) is 47.1 Å². The van der Waals surface area contributed by atoms with Crippen LogP contribution in [-0.4, -0.2) is 77.9 Å². The molecule has 0 aromatic heterocycles. The van der Waals surface area contributed by atoms with Crippen LogP contribution in [-0.2, 0) is 18.9 Å². The summed E-state index contributed by atoms with van der Waals surface area (Å²) in [5.74, 6) is 0. The summed E-state index contributed by atoms with van der Waals surface area (Å²) in [6, 6.07) is 5.19. The van der Waals surface area contributed by atoms with Gasteiger partial charge in [-0.05, 0) is 55.3 Å². The Bertz CT molecular complexity index is 939. The van der Waals surface area contributed by atoms with Gasteiger partial charge in [0.2, 0.25) is 10.0 Å². The summed E-state index contributed by atoms with van der Waals surface area (Å²) >= 11 is 0. The van der Waals surface area contributed by atoms with Gasteiger partial charge in [-0.25, -0.2) is 13.1 Å². The summed E-state index contributed by atoms with van der Waals surface area (Å²) in [6.07, 6.45) is -4.21. The Hall–Kier alpha value is -0.636. The predicted octanol–water partition coefficient (Wildman–Crippen LogP) is 3.77. The van der Waals surface area contributed by atoms with Gasteiger partial charge in [0.25, 0.3) is 0 Å². The molecule has 36 heavy (non-hydrogen) atoms. The first kappa shape index (κ1) is 33.4. The van der Waals surface area contributed by atoms with E-state index in [0.717, 1.165) is 5.56 Å². The number of nitrogens with one attached hydrogen (secondary N) is 1. The zero-order valence-electron chi connectivity index (χ0n) is 23.9. The van der Waals surface area contributed by atoms with Gasteiger partial charge >= 0.3 is 0 Å². The Morgan fingerprint density at radius 2 is 1.36 bits per heavy atom. The van der Waals surface area contributed by atoms with E-state index in [9.17, 15) is 23.7 Å². The average Bonchev–Trinajstić information content (AvgIpc) is 2.72. The lowest BCUT2D eigenvalue weighted by Gasteiger charge is -2.42. The molecular weight excluding hydrogens is 515 g/mol. The number of rotatable bonds is 12. The first-order valence-electron chi connectivity index (χ1n) is 12.4. The molecule has 0 radical (unpaired) electrons. The molecule has 1 aromatic rings. The zero-order chi connectivity index (χ0) is 28.3. The highest BCUT2D eigenvalue weighted by atomic mass is 32.2. The molecule has 11 heteroatoms. The Morgan fingerprint density at radius 3 is 1.78 bits per heavy atom. The topological polar surface area (TPSA) is 125 Å². The van der Waals surface area contributed by atoms with Crippen LogP contribution in [0.25, 0.3) is 0 Å². The minimum absolute atomic E-state index is 0.0448. The van der Waals surface area contributed by atoms with Crippen LogP contribution >= 0.6 is 0 Å². The van der Waals surface area contributed by atoms with Crippen molar-refractivity contribution in [3.8, 4) is 0 Å². The Labute approximate surface area is 220 Å². The molecule has 0 saturated heterocycles. The van der Waals surface area contributed by atoms with Gasteiger partial charge < -0.3 is 24.2 Å². The lowest BCUT2D eigenvalue weighted by Crippen LogP contribution is -2.58. The SMILES string of the molecule is Cc1ccc(S(=O)(=O)N[C@H](CO[Si](C)(C)C(C)(C)C)[C@H](O)[C@@H](O)[C@H](CO)O[Si](C)(C)C(C)(C)C)cc1. The molecule has 0 spiro atoms. The van der Waals surface area contributed by atoms with Crippen molar-refractivity contribution in [2.24, 2.45) is 0 Å². The number of aryl methyl sites for hydroxylation is 1. The van der Waals surface area contributed by atoms with Crippen LogP contribution in [0.3, 0.4) is 0 Å². The number of aliphatic hydroxyl groups is 3. The fourth-order valence-corrected chi connectivity index (χ4v) is 6.52. The Morgan fingerprint density at radius 1 is 0.889 bits per heavy atom. The van der Waals surface area contributed by atoms with E-state index < -0.39 is 57.6 Å². The van der Waals surface area contributed by atoms with Crippen LogP contribution in [0.2, 0.25) is 36.3 Å². The van der Waals surface area contributed by atoms with Gasteiger partial charge in [-0.15, -0.1) is 0 Å². The van der Waals surface area contributed by atoms with E-state index in [2.05, 4.69) is 25.5 Å². The maximum Gasteiger partial charge on any atom is 0.240 e. The van der Waals surface area contributed by atoms with Gasteiger partial charge in [0.15, 0.2) is 16.6 Å². The van der Waals surface area contributed by atoms with Crippen molar-refractivity contribution in [1.82, 2.24) is 4.72 Å². The molecular formula is C25H49NO7SSi2. The lowest BCUT2D eigenvalue weighted by molar-refractivity contribution is -0.0834. The third-order valence-electron chi connectivity index (χ3n) is 7.64. The molecule has 8 nitrogen and oxygen atoms in total. The number of benzene rings is 1. The summed E-state index contributed by atoms with van der Waals surface area (Å²) < 4.78 is 41.3. The van der Waals surface area contributed by atoms with E-state index in [1.807, 2.05) is 53.9 Å². The van der Waals surface area contributed by atoms with Crippen LogP contribution in [0.4, 0.5) is 0 Å². The molecule has 0 unspecified atom stereocenters. The summed E-state index contributed by atoms with van der Waals surface area (Å²) in [7, 11) is -8.74. The number of hydrogen-bond acceptors (Lipinski definition) is 7. The lowest BCUT2D eigenvalue weighted by atomic mass is 10.0. The highest BCUT2D eigenvalue weighted by molar-refractivity contribution is 7.89. The van der Waals surface area contributed by atoms with Crippen molar-refractivity contribution in [1.29, 1.82) is 0 Å². The second-order valence-corrected chi connectivity index (χ2v) is 24.0. The van der Waals surface area contributed by atoms with Gasteiger partial charge in [-0.2, -0.15) is 0 Å². The minimum atomic E-state index is -4.03. The fourth-order valence-electron chi connectivity index (χ4n) is 2.93. The molecule has 210 valence electrons. The van der Waals surface area contributed by atoms with Gasteiger partial charge in [0.1, 0.15) is 12.2 Å². The first-order valence-corrected chi connectivity index (χ1v) is 19.7. The number of sulfonamides is 1. The Balaban J connectivity index is 3.30. The standard InChI is InChI=1S/C25H49NO7SSi2/c1-18-12-14-19(15-13-18)34(30,31)26-20(17-32-35(8,9)24(2,3)4)22(28)23(29)21(16-27)33-36(10,11)25(5,6)7/h12-15,20-23,26-29H,16-17H2,1-11H3/t20-,21+,22+,23+/m1/s1. The average molecular weight is 564 g/mol. The molecule has 0 heterocycles. The van der Waals surface area contributed by atoms with Crippen LogP contribution in [0.5, 0.6) is 0 Å². The summed E-state index contributed by atoms with van der Waals surface area (Å²) in [5, 5.41) is 32.0. The first-order chi connectivity index (χ1) is 16.1. The molecule has 1 aromatic carbocycles. The van der Waals surface area contributed by atoms with E-state index in [1.54, 1.807) is 12.1 Å². The van der Waals surface area contributed by atoms with E-state index in [4.69, 9.17) is 8.85 Å². The Kier molecular flexibility index (Phi) is 11.2. The summed E-state index contributed by atoms with van der Waals surface area (Å²) in [5.41, 5.74) is 0.913. The van der Waals surface area contributed by atoms with E-state index in [-0.39, 0.29) is 21.6 Å². The van der Waals surface area contributed by atoms with E-state index in [1.165, 1.54) is 12.1 Å². The molecule has 4 N–H and O–H groups in total. The quantitative estimate of drug-likeness (QED) is 0.285. The summed E-state index contributed by atoms with van der Waals surface area (Å²) in [4.78, 5) is 0.0448. The fraction of sp³-hybridized carbons (Fsp3) is 0.760. The maximum atomic E-state index is 13.2. The monoisotopic (exact) mass is 563 g/mol. The second-order valence-electron chi connectivity index (χ2n) is 12.7. The van der Waals surface area contributed by atoms with Gasteiger partial charge in [-0.3, -0.25) is 0 Å². The van der Waals surface area contributed by atoms with Crippen molar-refractivity contribution in [2.75, 3.05) is 13.2 Å². The molecule has 0 aliphatic rings. The maximum absolute atomic E-state index is 13.2. The molecule has 0 aliphatic heterocycles. The second kappa shape index (κ2) is 12.0. The van der Waals surface area contributed by atoms with Crippen molar-refractivity contribution < 1.29 is 32.6 Å². The molecule has 0 aliphatic carbocycles. The van der Waals surface area contributed by atoms with Crippen molar-refractivity contribution in [3.63, 3.8) is 0 Å². The highest BCUT2D eigenvalue weighted by Gasteiger charge is 2.44. The molecule has 0 fully saturated rings. The zero-order valence-corrected chi connectivity index (χ0v) is 26.7. The molecule has 1 rings (SSSR count). The minimum Gasteiger partial charge on any atom is -0.415 e. The van der Waals surface area contributed by atoms with Gasteiger partial charge in [0, 0.05) is 0 Å². The van der Waals surface area contributed by atoms with Crippen molar-refractivity contribution >= 4 is 26.7 Å². The highest BCUT2D eigenvalue weighted by Crippen LogP contribution is 2.38. The number of hydrogen-bond donors (Lipinski definition) is 4. The van der Waals surface area contributed by atoms with Crippen molar-refractivity contribution in [2.45, 2.75) is 114 Å². The van der Waals surface area contributed by atoms with E-state index >= 15 is 0 Å². The third kappa shape index (κ3) is 8.70. The molecule has 0 amide bonds. The van der Waals surface area contributed by atoms with Crippen LogP contribution in [0, 0.1) is 6.92 Å². The molecule has 0 bridgehead atoms. The molecule has 4 atom stereocenters. The predicted molar refractivity (Wildman–Crippen MR) is 150 cm³/mol. The third-order valence-corrected chi connectivity index (χ3v) is 18.2. The van der Waals surface area contributed by atoms with E-state index in [0.29, 0.717) is 0 Å². The number of aliphatic hydroxyl groups excluding tert-OH is 3. The molecule has 0 saturated carbocycles.